The summed E-state index contributed by atoms with van der Waals surface area (Å²) in [6.07, 6.45) is -0.0464. The van der Waals surface area contributed by atoms with Gasteiger partial charge in [-0.05, 0) is 51.5 Å². The second kappa shape index (κ2) is 13.2. The van der Waals surface area contributed by atoms with Gasteiger partial charge in [0, 0.05) is 11.1 Å². The molecule has 1 atom stereocenters. The zero-order chi connectivity index (χ0) is 33.2. The number of carbonyl (C=O) groups is 3. The van der Waals surface area contributed by atoms with Gasteiger partial charge in [0.15, 0.2) is 4.80 Å². The van der Waals surface area contributed by atoms with Gasteiger partial charge >= 0.3 is 11.9 Å². The zero-order valence-corrected chi connectivity index (χ0v) is 27.2. The summed E-state index contributed by atoms with van der Waals surface area (Å²) in [4.78, 5) is 61.4. The van der Waals surface area contributed by atoms with E-state index in [2.05, 4.69) is 0 Å². The first-order valence-electron chi connectivity index (χ1n) is 15.4. The van der Waals surface area contributed by atoms with E-state index in [1.807, 2.05) is 56.3 Å². The molecular formula is C36H33N3O7S. The van der Waals surface area contributed by atoms with Gasteiger partial charge < -0.3 is 14.2 Å². The summed E-state index contributed by atoms with van der Waals surface area (Å²) >= 11 is 1.07. The van der Waals surface area contributed by atoms with E-state index in [1.165, 1.54) is 9.47 Å². The highest BCUT2D eigenvalue weighted by Gasteiger charge is 2.39. The molecule has 47 heavy (non-hydrogen) atoms. The lowest BCUT2D eigenvalue weighted by Crippen LogP contribution is -2.41. The fourth-order valence-corrected chi connectivity index (χ4v) is 6.89. The third-order valence-electron chi connectivity index (χ3n) is 7.66. The number of aromatic nitrogens is 1. The summed E-state index contributed by atoms with van der Waals surface area (Å²) in [6, 6.07) is 22.5. The van der Waals surface area contributed by atoms with Crippen molar-refractivity contribution in [1.82, 2.24) is 4.57 Å². The van der Waals surface area contributed by atoms with Gasteiger partial charge in [-0.2, -0.15) is 0 Å². The lowest BCUT2D eigenvalue weighted by molar-refractivity contribution is -0.142. The van der Waals surface area contributed by atoms with E-state index in [0.717, 1.165) is 11.3 Å². The number of benzene rings is 3. The molecule has 1 aromatic heterocycles. The Bertz CT molecular complexity index is 2080. The number of ether oxygens (including phenoxy) is 3. The molecule has 240 valence electrons. The first-order valence-corrected chi connectivity index (χ1v) is 16.2. The van der Waals surface area contributed by atoms with Gasteiger partial charge in [0.1, 0.15) is 16.8 Å². The van der Waals surface area contributed by atoms with Crippen LogP contribution in [0.2, 0.25) is 0 Å². The van der Waals surface area contributed by atoms with Crippen molar-refractivity contribution in [3.8, 4) is 5.75 Å². The monoisotopic (exact) mass is 651 g/mol. The van der Waals surface area contributed by atoms with Crippen molar-refractivity contribution >= 4 is 46.1 Å². The predicted molar refractivity (Wildman–Crippen MR) is 178 cm³/mol. The Kier molecular flexibility index (Phi) is 8.91. The molecule has 0 unspecified atom stereocenters. The number of nitrogens with zero attached hydrogens (tertiary/aromatic N) is 3. The minimum atomic E-state index is -0.926. The quantitative estimate of drug-likeness (QED) is 0.251. The molecule has 2 aliphatic rings. The average Bonchev–Trinajstić information content (AvgIpc) is 3.53. The maximum absolute atomic E-state index is 14.6. The Morgan fingerprint density at radius 1 is 0.894 bits per heavy atom. The molecule has 0 saturated carbocycles. The van der Waals surface area contributed by atoms with Crippen LogP contribution in [0, 0.1) is 0 Å². The molecule has 3 aromatic carbocycles. The standard InChI is InChI=1S/C36H33N3O7S/c1-5-44-27(40)20-38-26-15-11-10-14-25(26)28(33(38)41)32-34(42)39-31(23-16-18-24(19-17-23)46-21(3)4)29(35(43)45-6-2)30(37-36(39)47-32)22-12-8-7-9-13-22/h7-19,21,31H,5-6,20H2,1-4H3/b32-28-/t31-/m1/s1. The summed E-state index contributed by atoms with van der Waals surface area (Å²) in [7, 11) is 0. The van der Waals surface area contributed by atoms with Crippen LogP contribution in [0.25, 0.3) is 11.3 Å². The molecule has 0 aliphatic carbocycles. The summed E-state index contributed by atoms with van der Waals surface area (Å²) in [5, 5.41) is 0. The fourth-order valence-electron chi connectivity index (χ4n) is 5.80. The highest BCUT2D eigenvalue weighted by Crippen LogP contribution is 2.37. The minimum absolute atomic E-state index is 0.0464. The van der Waals surface area contributed by atoms with Crippen LogP contribution < -0.4 is 24.5 Å². The van der Waals surface area contributed by atoms with Crippen molar-refractivity contribution in [2.24, 2.45) is 4.99 Å². The third-order valence-corrected chi connectivity index (χ3v) is 8.71. The first kappa shape index (κ1) is 31.7. The van der Waals surface area contributed by atoms with Crippen molar-refractivity contribution in [1.29, 1.82) is 0 Å². The molecule has 0 fully saturated rings. The average molecular weight is 652 g/mol. The molecule has 0 radical (unpaired) electrons. The van der Waals surface area contributed by atoms with Crippen molar-refractivity contribution in [2.45, 2.75) is 39.8 Å². The van der Waals surface area contributed by atoms with Crippen LogP contribution >= 0.6 is 11.3 Å². The molecule has 3 heterocycles. The summed E-state index contributed by atoms with van der Waals surface area (Å²) < 4.78 is 18.1. The second-order valence-corrected chi connectivity index (χ2v) is 12.1. The fraction of sp³-hybridized carbons (Fsp3) is 0.250. The Labute approximate surface area is 274 Å². The first-order chi connectivity index (χ1) is 22.7. The molecule has 6 rings (SSSR count). The van der Waals surface area contributed by atoms with Gasteiger partial charge in [-0.15, -0.1) is 0 Å². The Morgan fingerprint density at radius 2 is 1.57 bits per heavy atom. The van der Waals surface area contributed by atoms with Crippen LogP contribution in [0.15, 0.2) is 94.2 Å². The lowest BCUT2D eigenvalue weighted by Gasteiger charge is -2.26. The van der Waals surface area contributed by atoms with Crippen molar-refractivity contribution < 1.29 is 28.6 Å². The van der Waals surface area contributed by atoms with E-state index >= 15 is 0 Å². The SMILES string of the molecule is CCOC(=O)CN1C(=O)/C(=c2\sc3n(c2=O)[C@H](c2ccc(OC(C)C)cc2)C(C(=O)OCC)=C(c2ccccc2)N=3)c2ccccc21. The van der Waals surface area contributed by atoms with Crippen LogP contribution in [-0.4, -0.2) is 48.3 Å². The number of carbonyl (C=O) groups excluding carboxylic acids is 3. The van der Waals surface area contributed by atoms with E-state index in [-0.39, 0.29) is 41.5 Å². The third kappa shape index (κ3) is 5.90. The highest BCUT2D eigenvalue weighted by atomic mass is 32.1. The smallest absolute Gasteiger partial charge is 0.338 e. The summed E-state index contributed by atoms with van der Waals surface area (Å²) in [6.45, 7) is 7.26. The zero-order valence-electron chi connectivity index (χ0n) is 26.4. The number of hydrogen-bond acceptors (Lipinski definition) is 9. The summed E-state index contributed by atoms with van der Waals surface area (Å²) in [5.74, 6) is -1.03. The van der Waals surface area contributed by atoms with Crippen molar-refractivity contribution in [3.63, 3.8) is 0 Å². The highest BCUT2D eigenvalue weighted by molar-refractivity contribution is 7.07. The molecule has 0 spiro atoms. The number of amides is 1. The van der Waals surface area contributed by atoms with Crippen molar-refractivity contribution in [2.75, 3.05) is 24.7 Å². The Hall–Kier alpha value is -5.29. The van der Waals surface area contributed by atoms with E-state index in [1.54, 1.807) is 50.2 Å². The number of esters is 2. The van der Waals surface area contributed by atoms with Gasteiger partial charge in [-0.25, -0.2) is 9.79 Å². The van der Waals surface area contributed by atoms with Crippen LogP contribution in [0.3, 0.4) is 0 Å². The topological polar surface area (TPSA) is 116 Å². The predicted octanol–water partition coefficient (Wildman–Crippen LogP) is 4.00. The Balaban J connectivity index is 1.63. The molecule has 0 N–H and O–H groups in total. The molecule has 0 saturated heterocycles. The second-order valence-electron chi connectivity index (χ2n) is 11.1. The van der Waals surface area contributed by atoms with E-state index in [0.29, 0.717) is 38.6 Å². The normalized spacial score (nSPS) is 16.5. The number of para-hydroxylation sites is 1. The van der Waals surface area contributed by atoms with Crippen LogP contribution in [0.4, 0.5) is 5.69 Å². The van der Waals surface area contributed by atoms with E-state index in [9.17, 15) is 19.2 Å². The van der Waals surface area contributed by atoms with E-state index in [4.69, 9.17) is 19.2 Å². The van der Waals surface area contributed by atoms with Crippen molar-refractivity contribution in [3.05, 3.63) is 121 Å². The molecular weight excluding hydrogens is 618 g/mol. The molecule has 2 aliphatic heterocycles. The van der Waals surface area contributed by atoms with Gasteiger partial charge in [0.05, 0.1) is 47.9 Å². The summed E-state index contributed by atoms with van der Waals surface area (Å²) in [5.41, 5.74) is 2.56. The molecule has 11 heteroatoms. The molecule has 4 aromatic rings. The number of hydrogen-bond donors (Lipinski definition) is 0. The molecule has 0 bridgehead atoms. The maximum atomic E-state index is 14.6. The largest absolute Gasteiger partial charge is 0.491 e. The number of anilines is 1. The van der Waals surface area contributed by atoms with Crippen LogP contribution in [-0.2, 0) is 23.9 Å². The van der Waals surface area contributed by atoms with Gasteiger partial charge in [0.2, 0.25) is 0 Å². The lowest BCUT2D eigenvalue weighted by atomic mass is 9.93. The van der Waals surface area contributed by atoms with E-state index < -0.39 is 29.4 Å². The maximum Gasteiger partial charge on any atom is 0.338 e. The number of thiazole rings is 1. The van der Waals surface area contributed by atoms with Crippen LogP contribution in [0.1, 0.15) is 50.4 Å². The minimum Gasteiger partial charge on any atom is -0.491 e. The Morgan fingerprint density at radius 3 is 2.26 bits per heavy atom. The molecule has 10 nitrogen and oxygen atoms in total. The van der Waals surface area contributed by atoms with Gasteiger partial charge in [-0.1, -0.05) is 72.0 Å². The number of fused-ring (bicyclic) bond motifs is 2. The molecule has 1 amide bonds. The van der Waals surface area contributed by atoms with Gasteiger partial charge in [0.25, 0.3) is 11.5 Å². The van der Waals surface area contributed by atoms with Gasteiger partial charge in [-0.3, -0.25) is 23.9 Å². The number of rotatable bonds is 9. The van der Waals surface area contributed by atoms with Crippen LogP contribution in [0.5, 0.6) is 5.75 Å².